The second-order valence-electron chi connectivity index (χ2n) is 4.11. The van der Waals surface area contributed by atoms with Gasteiger partial charge in [-0.15, -0.1) is 0 Å². The van der Waals surface area contributed by atoms with Crippen molar-refractivity contribution >= 4 is 0 Å². The van der Waals surface area contributed by atoms with E-state index in [1.165, 1.54) is 18.4 Å². The van der Waals surface area contributed by atoms with Gasteiger partial charge in [0.2, 0.25) is 0 Å². The number of piperidine rings is 1. The van der Waals surface area contributed by atoms with Crippen LogP contribution in [0.3, 0.4) is 0 Å². The van der Waals surface area contributed by atoms with Crippen molar-refractivity contribution in [2.24, 2.45) is 0 Å². The molecule has 0 bridgehead atoms. The molecule has 2 rings (SSSR count). The molecule has 0 amide bonds. The lowest BCUT2D eigenvalue weighted by Gasteiger charge is -2.24. The van der Waals surface area contributed by atoms with E-state index in [0.717, 1.165) is 18.7 Å². The van der Waals surface area contributed by atoms with E-state index in [2.05, 4.69) is 18.3 Å². The second kappa shape index (κ2) is 4.01. The fraction of sp³-hybridized carbons (Fsp3) is 0.500. The molecule has 0 radical (unpaired) electrons. The van der Waals surface area contributed by atoms with Crippen molar-refractivity contribution in [3.8, 4) is 5.75 Å². The minimum absolute atomic E-state index is 0.448. The molecule has 1 heterocycles. The summed E-state index contributed by atoms with van der Waals surface area (Å²) in [6, 6.07) is 5.86. The Hall–Kier alpha value is -1.02. The van der Waals surface area contributed by atoms with Gasteiger partial charge in [0.25, 0.3) is 0 Å². The van der Waals surface area contributed by atoms with E-state index in [9.17, 15) is 5.11 Å². The number of rotatable bonds is 1. The molecule has 2 nitrogen and oxygen atoms in total. The third kappa shape index (κ3) is 1.90. The summed E-state index contributed by atoms with van der Waals surface area (Å²) in [6.45, 7) is 4.18. The first-order chi connectivity index (χ1) is 6.77. The molecule has 1 saturated heterocycles. The van der Waals surface area contributed by atoms with E-state index in [1.807, 2.05) is 6.07 Å². The Morgan fingerprint density at radius 3 is 3.00 bits per heavy atom. The van der Waals surface area contributed by atoms with Crippen LogP contribution < -0.4 is 5.32 Å². The van der Waals surface area contributed by atoms with Crippen molar-refractivity contribution in [3.05, 3.63) is 29.3 Å². The molecule has 1 aliphatic rings. The predicted octanol–water partition coefficient (Wildman–Crippen LogP) is 2.17. The number of hydrogen-bond acceptors (Lipinski definition) is 2. The van der Waals surface area contributed by atoms with Crippen LogP contribution in [-0.2, 0) is 0 Å². The molecular weight excluding hydrogens is 174 g/mol. The fourth-order valence-corrected chi connectivity index (χ4v) is 2.12. The van der Waals surface area contributed by atoms with Crippen LogP contribution in [0.2, 0.25) is 0 Å². The average molecular weight is 191 g/mol. The summed E-state index contributed by atoms with van der Waals surface area (Å²) in [7, 11) is 0. The van der Waals surface area contributed by atoms with Crippen molar-refractivity contribution in [3.63, 3.8) is 0 Å². The lowest BCUT2D eigenvalue weighted by atomic mass is 9.90. The van der Waals surface area contributed by atoms with Crippen LogP contribution in [0, 0.1) is 6.92 Å². The van der Waals surface area contributed by atoms with Crippen LogP contribution in [0.5, 0.6) is 5.75 Å². The van der Waals surface area contributed by atoms with Gasteiger partial charge >= 0.3 is 0 Å². The molecular formula is C12H17NO. The zero-order chi connectivity index (χ0) is 9.97. The molecule has 0 saturated carbocycles. The van der Waals surface area contributed by atoms with Gasteiger partial charge < -0.3 is 10.4 Å². The third-order valence-electron chi connectivity index (χ3n) is 2.92. The van der Waals surface area contributed by atoms with Crippen LogP contribution in [0.4, 0.5) is 0 Å². The van der Waals surface area contributed by atoms with E-state index in [1.54, 1.807) is 6.07 Å². The van der Waals surface area contributed by atoms with Crippen LogP contribution in [0.15, 0.2) is 18.2 Å². The molecule has 0 aliphatic carbocycles. The molecule has 1 aromatic rings. The topological polar surface area (TPSA) is 32.3 Å². The highest BCUT2D eigenvalue weighted by molar-refractivity contribution is 5.38. The van der Waals surface area contributed by atoms with Crippen LogP contribution >= 0.6 is 0 Å². The van der Waals surface area contributed by atoms with Gasteiger partial charge in [0.15, 0.2) is 0 Å². The zero-order valence-corrected chi connectivity index (χ0v) is 8.59. The molecule has 1 aromatic carbocycles. The number of aromatic hydroxyl groups is 1. The molecule has 2 heteroatoms. The summed E-state index contributed by atoms with van der Waals surface area (Å²) in [5, 5.41) is 13.1. The van der Waals surface area contributed by atoms with Gasteiger partial charge in [-0.2, -0.15) is 0 Å². The van der Waals surface area contributed by atoms with Gasteiger partial charge in [-0.25, -0.2) is 0 Å². The van der Waals surface area contributed by atoms with Gasteiger partial charge in [0, 0.05) is 12.5 Å². The summed E-state index contributed by atoms with van der Waals surface area (Å²) in [5.74, 6) is 0.938. The lowest BCUT2D eigenvalue weighted by Crippen LogP contribution is -2.28. The molecule has 0 spiro atoms. The van der Waals surface area contributed by atoms with E-state index >= 15 is 0 Å². The van der Waals surface area contributed by atoms with Crippen molar-refractivity contribution in [2.75, 3.05) is 13.1 Å². The highest BCUT2D eigenvalue weighted by Crippen LogP contribution is 2.30. The molecule has 2 N–H and O–H groups in total. The summed E-state index contributed by atoms with van der Waals surface area (Å²) < 4.78 is 0. The van der Waals surface area contributed by atoms with Crippen LogP contribution in [-0.4, -0.2) is 18.2 Å². The third-order valence-corrected chi connectivity index (χ3v) is 2.92. The Balaban J connectivity index is 2.24. The average Bonchev–Trinajstić information content (AvgIpc) is 2.23. The molecule has 0 unspecified atom stereocenters. The monoisotopic (exact) mass is 191 g/mol. The van der Waals surface area contributed by atoms with Gasteiger partial charge in [-0.1, -0.05) is 17.7 Å². The minimum Gasteiger partial charge on any atom is -0.508 e. The Kier molecular flexibility index (Phi) is 2.73. The number of nitrogens with one attached hydrogen (secondary N) is 1. The molecule has 1 atom stereocenters. The van der Waals surface area contributed by atoms with Crippen molar-refractivity contribution in [1.82, 2.24) is 5.32 Å². The maximum Gasteiger partial charge on any atom is 0.119 e. The number of phenols is 1. The van der Waals surface area contributed by atoms with Gasteiger partial charge in [0.05, 0.1) is 0 Å². The maximum atomic E-state index is 9.76. The Morgan fingerprint density at radius 1 is 1.43 bits per heavy atom. The number of benzene rings is 1. The Labute approximate surface area is 85.0 Å². The van der Waals surface area contributed by atoms with E-state index in [0.29, 0.717) is 11.7 Å². The zero-order valence-electron chi connectivity index (χ0n) is 8.59. The van der Waals surface area contributed by atoms with Crippen LogP contribution in [0.1, 0.15) is 29.9 Å². The number of aryl methyl sites for hydroxylation is 1. The first kappa shape index (κ1) is 9.53. The SMILES string of the molecule is Cc1ccc(O)c([C@H]2CCCNC2)c1. The highest BCUT2D eigenvalue weighted by Gasteiger charge is 2.17. The van der Waals surface area contributed by atoms with Gasteiger partial charge in [-0.3, -0.25) is 0 Å². The molecule has 14 heavy (non-hydrogen) atoms. The van der Waals surface area contributed by atoms with E-state index < -0.39 is 0 Å². The minimum atomic E-state index is 0.448. The van der Waals surface area contributed by atoms with Crippen molar-refractivity contribution in [1.29, 1.82) is 0 Å². The van der Waals surface area contributed by atoms with E-state index in [-0.39, 0.29) is 0 Å². The van der Waals surface area contributed by atoms with Gasteiger partial charge in [0.1, 0.15) is 5.75 Å². The summed E-state index contributed by atoms with van der Waals surface area (Å²) in [6.07, 6.45) is 2.39. The predicted molar refractivity (Wildman–Crippen MR) is 57.7 cm³/mol. The largest absolute Gasteiger partial charge is 0.508 e. The summed E-state index contributed by atoms with van der Waals surface area (Å²) >= 11 is 0. The Bertz CT molecular complexity index is 316. The molecule has 0 aromatic heterocycles. The summed E-state index contributed by atoms with van der Waals surface area (Å²) in [5.41, 5.74) is 2.33. The standard InChI is InChI=1S/C12H17NO/c1-9-4-5-12(14)11(7-9)10-3-2-6-13-8-10/h4-5,7,10,13-14H,2-3,6,8H2,1H3/t10-/m0/s1. The highest BCUT2D eigenvalue weighted by atomic mass is 16.3. The lowest BCUT2D eigenvalue weighted by molar-refractivity contribution is 0.425. The summed E-state index contributed by atoms with van der Waals surface area (Å²) in [4.78, 5) is 0. The number of hydrogen-bond donors (Lipinski definition) is 2. The fourth-order valence-electron chi connectivity index (χ4n) is 2.12. The van der Waals surface area contributed by atoms with Crippen LogP contribution in [0.25, 0.3) is 0 Å². The maximum absolute atomic E-state index is 9.76. The number of phenolic OH excluding ortho intramolecular Hbond substituents is 1. The van der Waals surface area contributed by atoms with Crippen molar-refractivity contribution < 1.29 is 5.11 Å². The van der Waals surface area contributed by atoms with Gasteiger partial charge in [-0.05, 0) is 37.9 Å². The smallest absolute Gasteiger partial charge is 0.119 e. The molecule has 1 fully saturated rings. The van der Waals surface area contributed by atoms with Crippen molar-refractivity contribution in [2.45, 2.75) is 25.7 Å². The van der Waals surface area contributed by atoms with E-state index in [4.69, 9.17) is 0 Å². The molecule has 1 aliphatic heterocycles. The Morgan fingerprint density at radius 2 is 2.29 bits per heavy atom. The second-order valence-corrected chi connectivity index (χ2v) is 4.11. The quantitative estimate of drug-likeness (QED) is 0.713. The first-order valence-corrected chi connectivity index (χ1v) is 5.27. The first-order valence-electron chi connectivity index (χ1n) is 5.27. The normalized spacial score (nSPS) is 22.2. The molecule has 76 valence electrons.